The first-order valence-corrected chi connectivity index (χ1v) is 5.04. The largest absolute Gasteiger partial charge is 0.298 e. The molecular weight excluding hydrogens is 160 g/mol. The molecule has 0 atom stereocenters. The number of hydrogen-bond acceptors (Lipinski definition) is 1. The van der Waals surface area contributed by atoms with Gasteiger partial charge in [-0.2, -0.15) is 0 Å². The molecule has 0 unspecified atom stereocenters. The van der Waals surface area contributed by atoms with Gasteiger partial charge >= 0.3 is 0 Å². The van der Waals surface area contributed by atoms with Gasteiger partial charge in [0.1, 0.15) is 6.29 Å². The summed E-state index contributed by atoms with van der Waals surface area (Å²) in [5, 5.41) is 0. The normalized spacial score (nSPS) is 18.2. The fourth-order valence-electron chi connectivity index (χ4n) is 1.88. The predicted octanol–water partition coefficient (Wildman–Crippen LogP) is 3.41. The molecule has 1 heteroatoms. The summed E-state index contributed by atoms with van der Waals surface area (Å²) in [5.41, 5.74) is 3.54. The maximum atomic E-state index is 10.8. The van der Waals surface area contributed by atoms with Crippen LogP contribution in [-0.2, 0) is 4.79 Å². The van der Waals surface area contributed by atoms with Gasteiger partial charge in [0.25, 0.3) is 0 Å². The SMILES string of the molecule is C=C(C)CC1=C(C=O)CCCCC1. The van der Waals surface area contributed by atoms with Crippen LogP contribution in [0.2, 0.25) is 0 Å². The smallest absolute Gasteiger partial charge is 0.145 e. The average molecular weight is 178 g/mol. The summed E-state index contributed by atoms with van der Waals surface area (Å²) < 4.78 is 0. The Labute approximate surface area is 80.5 Å². The van der Waals surface area contributed by atoms with Crippen molar-refractivity contribution in [2.24, 2.45) is 0 Å². The van der Waals surface area contributed by atoms with E-state index in [2.05, 4.69) is 6.58 Å². The van der Waals surface area contributed by atoms with E-state index in [1.54, 1.807) is 0 Å². The number of rotatable bonds is 3. The second kappa shape index (κ2) is 5.00. The molecular formula is C12H18O. The minimum Gasteiger partial charge on any atom is -0.298 e. The summed E-state index contributed by atoms with van der Waals surface area (Å²) in [4.78, 5) is 10.8. The van der Waals surface area contributed by atoms with Gasteiger partial charge in [0.15, 0.2) is 0 Å². The molecule has 0 aromatic rings. The molecule has 0 spiro atoms. The lowest BCUT2D eigenvalue weighted by Crippen LogP contribution is -1.92. The van der Waals surface area contributed by atoms with Gasteiger partial charge in [-0.3, -0.25) is 4.79 Å². The van der Waals surface area contributed by atoms with Crippen LogP contribution >= 0.6 is 0 Å². The van der Waals surface area contributed by atoms with Crippen LogP contribution in [0.15, 0.2) is 23.3 Å². The molecule has 0 amide bonds. The second-order valence-electron chi connectivity index (χ2n) is 3.94. The topological polar surface area (TPSA) is 17.1 Å². The van der Waals surface area contributed by atoms with Crippen LogP contribution < -0.4 is 0 Å². The summed E-state index contributed by atoms with van der Waals surface area (Å²) in [6, 6.07) is 0. The Morgan fingerprint density at radius 1 is 1.38 bits per heavy atom. The molecule has 0 saturated carbocycles. The van der Waals surface area contributed by atoms with Gasteiger partial charge in [0.2, 0.25) is 0 Å². The van der Waals surface area contributed by atoms with Gasteiger partial charge in [-0.05, 0) is 44.6 Å². The van der Waals surface area contributed by atoms with Gasteiger partial charge in [-0.1, -0.05) is 24.1 Å². The fourth-order valence-corrected chi connectivity index (χ4v) is 1.88. The number of aldehydes is 1. The van der Waals surface area contributed by atoms with Gasteiger partial charge < -0.3 is 0 Å². The number of carbonyl (C=O) groups excluding carboxylic acids is 1. The lowest BCUT2D eigenvalue weighted by atomic mass is 9.98. The average Bonchev–Trinajstić information content (AvgIpc) is 2.28. The highest BCUT2D eigenvalue weighted by Crippen LogP contribution is 2.26. The third kappa shape index (κ3) is 3.17. The first-order chi connectivity index (χ1) is 6.24. The van der Waals surface area contributed by atoms with Crippen LogP contribution in [0, 0.1) is 0 Å². The fraction of sp³-hybridized carbons (Fsp3) is 0.583. The summed E-state index contributed by atoms with van der Waals surface area (Å²) in [6.07, 6.45) is 7.72. The standard InChI is InChI=1S/C12H18O/c1-10(2)8-11-6-4-3-5-7-12(11)9-13/h9H,1,3-8H2,2H3. The van der Waals surface area contributed by atoms with E-state index in [1.165, 1.54) is 24.8 Å². The van der Waals surface area contributed by atoms with E-state index in [1.807, 2.05) is 6.92 Å². The molecule has 13 heavy (non-hydrogen) atoms. The molecule has 0 saturated heterocycles. The van der Waals surface area contributed by atoms with E-state index in [9.17, 15) is 4.79 Å². The number of allylic oxidation sites excluding steroid dienone is 3. The van der Waals surface area contributed by atoms with Crippen LogP contribution in [0.4, 0.5) is 0 Å². The molecule has 0 aromatic heterocycles. The first-order valence-electron chi connectivity index (χ1n) is 5.04. The summed E-state index contributed by atoms with van der Waals surface area (Å²) in [6.45, 7) is 5.93. The molecule has 0 heterocycles. The Hall–Kier alpha value is -0.850. The second-order valence-corrected chi connectivity index (χ2v) is 3.94. The summed E-state index contributed by atoms with van der Waals surface area (Å²) in [7, 11) is 0. The molecule has 1 nitrogen and oxygen atoms in total. The lowest BCUT2D eigenvalue weighted by molar-refractivity contribution is -0.105. The van der Waals surface area contributed by atoms with Crippen LogP contribution in [0.3, 0.4) is 0 Å². The van der Waals surface area contributed by atoms with Gasteiger partial charge in [-0.25, -0.2) is 0 Å². The zero-order chi connectivity index (χ0) is 9.68. The Morgan fingerprint density at radius 3 is 2.69 bits per heavy atom. The van der Waals surface area contributed by atoms with Crippen molar-refractivity contribution >= 4 is 6.29 Å². The Morgan fingerprint density at radius 2 is 2.08 bits per heavy atom. The van der Waals surface area contributed by atoms with E-state index >= 15 is 0 Å². The highest BCUT2D eigenvalue weighted by atomic mass is 16.1. The number of carbonyl (C=O) groups is 1. The van der Waals surface area contributed by atoms with Crippen molar-refractivity contribution in [1.29, 1.82) is 0 Å². The van der Waals surface area contributed by atoms with Crippen LogP contribution in [0.1, 0.15) is 45.4 Å². The minimum absolute atomic E-state index is 0.925. The molecule has 0 radical (unpaired) electrons. The molecule has 0 aromatic carbocycles. The third-order valence-corrected chi connectivity index (χ3v) is 2.54. The van der Waals surface area contributed by atoms with Crippen molar-refractivity contribution in [2.45, 2.75) is 45.4 Å². The van der Waals surface area contributed by atoms with E-state index in [0.717, 1.165) is 36.7 Å². The van der Waals surface area contributed by atoms with Crippen LogP contribution in [0.5, 0.6) is 0 Å². The van der Waals surface area contributed by atoms with Crippen molar-refractivity contribution in [3.8, 4) is 0 Å². The maximum absolute atomic E-state index is 10.8. The first kappa shape index (κ1) is 10.2. The highest BCUT2D eigenvalue weighted by Gasteiger charge is 2.10. The summed E-state index contributed by atoms with van der Waals surface area (Å²) >= 11 is 0. The van der Waals surface area contributed by atoms with Crippen molar-refractivity contribution in [1.82, 2.24) is 0 Å². The van der Waals surface area contributed by atoms with Crippen LogP contribution in [-0.4, -0.2) is 6.29 Å². The molecule has 1 aliphatic rings. The van der Waals surface area contributed by atoms with Crippen molar-refractivity contribution in [3.05, 3.63) is 23.3 Å². The van der Waals surface area contributed by atoms with E-state index in [4.69, 9.17) is 0 Å². The van der Waals surface area contributed by atoms with Gasteiger partial charge in [0.05, 0.1) is 0 Å². The molecule has 0 fully saturated rings. The highest BCUT2D eigenvalue weighted by molar-refractivity contribution is 5.74. The van der Waals surface area contributed by atoms with E-state index in [0.29, 0.717) is 0 Å². The van der Waals surface area contributed by atoms with Gasteiger partial charge in [-0.15, -0.1) is 0 Å². The van der Waals surface area contributed by atoms with Crippen LogP contribution in [0.25, 0.3) is 0 Å². The quantitative estimate of drug-likeness (QED) is 0.478. The molecule has 72 valence electrons. The zero-order valence-corrected chi connectivity index (χ0v) is 8.44. The Kier molecular flexibility index (Phi) is 3.94. The molecule has 0 N–H and O–H groups in total. The predicted molar refractivity (Wildman–Crippen MR) is 55.6 cm³/mol. The van der Waals surface area contributed by atoms with Gasteiger partial charge in [0, 0.05) is 0 Å². The number of hydrogen-bond donors (Lipinski definition) is 0. The Balaban J connectivity index is 2.75. The van der Waals surface area contributed by atoms with Crippen molar-refractivity contribution in [2.75, 3.05) is 0 Å². The molecule has 0 bridgehead atoms. The zero-order valence-electron chi connectivity index (χ0n) is 8.44. The maximum Gasteiger partial charge on any atom is 0.145 e. The summed E-state index contributed by atoms with van der Waals surface area (Å²) in [5.74, 6) is 0. The monoisotopic (exact) mass is 178 g/mol. The lowest BCUT2D eigenvalue weighted by Gasteiger charge is -2.07. The minimum atomic E-state index is 0.925. The van der Waals surface area contributed by atoms with Crippen molar-refractivity contribution in [3.63, 3.8) is 0 Å². The molecule has 1 rings (SSSR count). The molecule has 1 aliphatic carbocycles. The molecule has 0 aliphatic heterocycles. The van der Waals surface area contributed by atoms with E-state index in [-0.39, 0.29) is 0 Å². The Bertz CT molecular complexity index is 236. The third-order valence-electron chi connectivity index (χ3n) is 2.54. The van der Waals surface area contributed by atoms with Crippen molar-refractivity contribution < 1.29 is 4.79 Å². The van der Waals surface area contributed by atoms with E-state index < -0.39 is 0 Å².